The molecule has 3 N–H and O–H groups in total. The Bertz CT molecular complexity index is 736. The Labute approximate surface area is 119 Å². The van der Waals surface area contributed by atoms with Crippen LogP contribution in [0.25, 0.3) is 10.9 Å². The molecule has 1 aromatic carbocycles. The Morgan fingerprint density at radius 3 is 2.71 bits per heavy atom. The third kappa shape index (κ3) is 2.88. The van der Waals surface area contributed by atoms with Crippen molar-refractivity contribution in [3.05, 3.63) is 40.2 Å². The van der Waals surface area contributed by atoms with E-state index in [1.807, 2.05) is 0 Å². The number of rotatable bonds is 5. The Kier molecular flexibility index (Phi) is 4.25. The molecule has 0 spiro atoms. The number of ether oxygens (including phenoxy) is 1. The van der Waals surface area contributed by atoms with Crippen molar-refractivity contribution in [1.82, 2.24) is 4.57 Å². The number of hydrogen-bond donors (Lipinski definition) is 3. The zero-order chi connectivity index (χ0) is 15.6. The summed E-state index contributed by atoms with van der Waals surface area (Å²) in [4.78, 5) is 23.4. The SMILES string of the molecule is COc1ccc2c(c1)c(=O)c(C(=O)O)cn2CC(O)CO. The standard InChI is InChI=1S/C14H15NO6/c1-21-9-2-3-12-10(4-9)13(18)11(14(19)20)6-15(12)5-8(17)7-16/h2-4,6,8,16-17H,5,7H2,1H3,(H,19,20). The molecule has 0 amide bonds. The highest BCUT2D eigenvalue weighted by Gasteiger charge is 2.16. The number of carbonyl (C=O) groups is 1. The van der Waals surface area contributed by atoms with Crippen molar-refractivity contribution in [2.24, 2.45) is 0 Å². The number of carboxylic acid groups (broad SMARTS) is 1. The van der Waals surface area contributed by atoms with Gasteiger partial charge >= 0.3 is 5.97 Å². The lowest BCUT2D eigenvalue weighted by molar-refractivity contribution is 0.0691. The highest BCUT2D eigenvalue weighted by atomic mass is 16.5. The largest absolute Gasteiger partial charge is 0.497 e. The second kappa shape index (κ2) is 5.94. The third-order valence-corrected chi connectivity index (χ3v) is 3.14. The van der Waals surface area contributed by atoms with Crippen molar-refractivity contribution in [1.29, 1.82) is 0 Å². The minimum Gasteiger partial charge on any atom is -0.497 e. The first-order chi connectivity index (χ1) is 9.97. The zero-order valence-corrected chi connectivity index (χ0v) is 11.3. The highest BCUT2D eigenvalue weighted by Crippen LogP contribution is 2.19. The van der Waals surface area contributed by atoms with E-state index in [0.717, 1.165) is 0 Å². The topological polar surface area (TPSA) is 109 Å². The number of aliphatic hydroxyl groups excluding tert-OH is 2. The Balaban J connectivity index is 2.75. The molecular formula is C14H15NO6. The van der Waals surface area contributed by atoms with E-state index in [-0.39, 0.29) is 11.9 Å². The van der Waals surface area contributed by atoms with E-state index in [2.05, 4.69) is 0 Å². The van der Waals surface area contributed by atoms with Crippen molar-refractivity contribution in [2.45, 2.75) is 12.6 Å². The van der Waals surface area contributed by atoms with Gasteiger partial charge in [-0.3, -0.25) is 4.79 Å². The van der Waals surface area contributed by atoms with Crippen molar-refractivity contribution in [2.75, 3.05) is 13.7 Å². The van der Waals surface area contributed by atoms with Crippen LogP contribution in [0.3, 0.4) is 0 Å². The molecule has 0 aliphatic carbocycles. The van der Waals surface area contributed by atoms with Crippen LogP contribution in [0, 0.1) is 0 Å². The number of aromatic carboxylic acids is 1. The maximum atomic E-state index is 12.2. The van der Waals surface area contributed by atoms with Gasteiger partial charge in [-0.25, -0.2) is 4.79 Å². The molecule has 2 rings (SSSR count). The van der Waals surface area contributed by atoms with E-state index >= 15 is 0 Å². The number of benzene rings is 1. The second-order valence-corrected chi connectivity index (χ2v) is 4.55. The minimum absolute atomic E-state index is 0.0279. The van der Waals surface area contributed by atoms with E-state index in [1.54, 1.807) is 12.1 Å². The van der Waals surface area contributed by atoms with E-state index in [9.17, 15) is 14.7 Å². The fourth-order valence-corrected chi connectivity index (χ4v) is 2.09. The van der Waals surface area contributed by atoms with Crippen molar-refractivity contribution in [3.8, 4) is 5.75 Å². The number of methoxy groups -OCH3 is 1. The smallest absolute Gasteiger partial charge is 0.341 e. The van der Waals surface area contributed by atoms with Gasteiger partial charge in [-0.15, -0.1) is 0 Å². The first kappa shape index (κ1) is 15.0. The lowest BCUT2D eigenvalue weighted by Gasteiger charge is -2.15. The Hall–Kier alpha value is -2.38. The average Bonchev–Trinajstić information content (AvgIpc) is 2.49. The Morgan fingerprint density at radius 1 is 1.43 bits per heavy atom. The third-order valence-electron chi connectivity index (χ3n) is 3.14. The van der Waals surface area contributed by atoms with E-state index in [1.165, 1.54) is 23.9 Å². The summed E-state index contributed by atoms with van der Waals surface area (Å²) < 4.78 is 6.47. The molecular weight excluding hydrogens is 278 g/mol. The van der Waals surface area contributed by atoms with Gasteiger partial charge in [-0.1, -0.05) is 0 Å². The number of nitrogens with zero attached hydrogens (tertiary/aromatic N) is 1. The highest BCUT2D eigenvalue weighted by molar-refractivity contribution is 5.92. The van der Waals surface area contributed by atoms with Crippen LogP contribution in [0.2, 0.25) is 0 Å². The summed E-state index contributed by atoms with van der Waals surface area (Å²) in [5, 5.41) is 27.8. The van der Waals surface area contributed by atoms with E-state index < -0.39 is 29.7 Å². The van der Waals surface area contributed by atoms with Crippen LogP contribution in [0.5, 0.6) is 5.75 Å². The molecule has 0 aliphatic heterocycles. The summed E-state index contributed by atoms with van der Waals surface area (Å²) >= 11 is 0. The lowest BCUT2D eigenvalue weighted by atomic mass is 10.1. The van der Waals surface area contributed by atoms with Gasteiger partial charge in [0, 0.05) is 6.20 Å². The van der Waals surface area contributed by atoms with Gasteiger partial charge in [0.15, 0.2) is 0 Å². The van der Waals surface area contributed by atoms with Crippen LogP contribution >= 0.6 is 0 Å². The molecule has 0 saturated carbocycles. The van der Waals surface area contributed by atoms with Gasteiger partial charge in [0.25, 0.3) is 0 Å². The summed E-state index contributed by atoms with van der Waals surface area (Å²) in [6.07, 6.45) is 0.109. The monoisotopic (exact) mass is 293 g/mol. The first-order valence-corrected chi connectivity index (χ1v) is 6.21. The van der Waals surface area contributed by atoms with Crippen LogP contribution in [0.1, 0.15) is 10.4 Å². The minimum atomic E-state index is -1.35. The summed E-state index contributed by atoms with van der Waals surface area (Å²) in [6.45, 7) is -0.494. The maximum absolute atomic E-state index is 12.2. The molecule has 2 aromatic rings. The normalized spacial score (nSPS) is 12.3. The summed E-state index contributed by atoms with van der Waals surface area (Å²) in [5.41, 5.74) is -0.565. The van der Waals surface area contributed by atoms with Crippen molar-refractivity contribution >= 4 is 16.9 Å². The molecule has 1 unspecified atom stereocenters. The van der Waals surface area contributed by atoms with Gasteiger partial charge in [-0.2, -0.15) is 0 Å². The molecule has 7 heteroatoms. The Morgan fingerprint density at radius 2 is 2.14 bits per heavy atom. The molecule has 1 heterocycles. The molecule has 21 heavy (non-hydrogen) atoms. The molecule has 0 fully saturated rings. The van der Waals surface area contributed by atoms with Gasteiger partial charge in [0.1, 0.15) is 11.3 Å². The molecule has 0 saturated heterocycles. The molecule has 0 radical (unpaired) electrons. The predicted molar refractivity (Wildman–Crippen MR) is 74.8 cm³/mol. The molecule has 1 atom stereocenters. The van der Waals surface area contributed by atoms with Crippen LogP contribution in [0.15, 0.2) is 29.2 Å². The maximum Gasteiger partial charge on any atom is 0.341 e. The number of fused-ring (bicyclic) bond motifs is 1. The van der Waals surface area contributed by atoms with Crippen LogP contribution < -0.4 is 10.2 Å². The molecule has 0 aliphatic rings. The van der Waals surface area contributed by atoms with Gasteiger partial charge in [0.2, 0.25) is 5.43 Å². The molecule has 7 nitrogen and oxygen atoms in total. The lowest BCUT2D eigenvalue weighted by Crippen LogP contribution is -2.24. The van der Waals surface area contributed by atoms with Gasteiger partial charge in [-0.05, 0) is 18.2 Å². The summed E-state index contributed by atoms with van der Waals surface area (Å²) in [7, 11) is 1.44. The summed E-state index contributed by atoms with van der Waals surface area (Å²) in [6, 6.07) is 4.68. The van der Waals surface area contributed by atoms with Crippen LogP contribution in [-0.2, 0) is 6.54 Å². The van der Waals surface area contributed by atoms with E-state index in [0.29, 0.717) is 11.3 Å². The van der Waals surface area contributed by atoms with Crippen LogP contribution in [0.4, 0.5) is 0 Å². The van der Waals surface area contributed by atoms with Crippen molar-refractivity contribution in [3.63, 3.8) is 0 Å². The summed E-state index contributed by atoms with van der Waals surface area (Å²) in [5.74, 6) is -0.923. The number of aromatic nitrogens is 1. The fourth-order valence-electron chi connectivity index (χ4n) is 2.09. The number of hydrogen-bond acceptors (Lipinski definition) is 5. The van der Waals surface area contributed by atoms with Crippen LogP contribution in [-0.4, -0.2) is 45.7 Å². The number of pyridine rings is 1. The zero-order valence-electron chi connectivity index (χ0n) is 11.3. The molecule has 112 valence electrons. The first-order valence-electron chi connectivity index (χ1n) is 6.21. The molecule has 1 aromatic heterocycles. The fraction of sp³-hybridized carbons (Fsp3) is 0.286. The van der Waals surface area contributed by atoms with Gasteiger partial charge in [0.05, 0.1) is 37.3 Å². The second-order valence-electron chi connectivity index (χ2n) is 4.55. The predicted octanol–water partition coefficient (Wildman–Crippen LogP) is 0.0615. The number of aliphatic hydroxyl groups is 2. The van der Waals surface area contributed by atoms with Gasteiger partial charge < -0.3 is 24.6 Å². The number of carboxylic acids is 1. The van der Waals surface area contributed by atoms with E-state index in [4.69, 9.17) is 14.9 Å². The quantitative estimate of drug-likeness (QED) is 0.719. The molecule has 0 bridgehead atoms. The average molecular weight is 293 g/mol. The van der Waals surface area contributed by atoms with Crippen molar-refractivity contribution < 1.29 is 24.9 Å².